The fraction of sp³-hybridized carbons (Fsp3) is 0.429. The molecule has 0 saturated carbocycles. The summed E-state index contributed by atoms with van der Waals surface area (Å²) in [6.45, 7) is 8.77. The zero-order chi connectivity index (χ0) is 11.0. The molecule has 0 aliphatic carbocycles. The smallest absolute Gasteiger partial charge is 0.0461 e. The summed E-state index contributed by atoms with van der Waals surface area (Å²) in [6, 6.07) is 4.58. The number of hydrogen-bond donors (Lipinski definition) is 1. The highest BCUT2D eigenvalue weighted by atomic mass is 14.7. The molecule has 1 heterocycles. The van der Waals surface area contributed by atoms with E-state index in [1.54, 1.807) is 0 Å². The Bertz CT molecular complexity index is 491. The predicted octanol–water partition coefficient (Wildman–Crippen LogP) is 4.05. The van der Waals surface area contributed by atoms with Crippen LogP contribution in [0.1, 0.15) is 35.7 Å². The Morgan fingerprint density at radius 2 is 1.73 bits per heavy atom. The third-order valence-corrected chi connectivity index (χ3v) is 3.23. The van der Waals surface area contributed by atoms with Crippen LogP contribution >= 0.6 is 0 Å². The molecule has 1 nitrogen and oxygen atoms in total. The Hall–Kier alpha value is -1.24. The lowest BCUT2D eigenvalue weighted by Crippen LogP contribution is -1.85. The summed E-state index contributed by atoms with van der Waals surface area (Å²) in [5.41, 5.74) is 6.87. The van der Waals surface area contributed by atoms with E-state index >= 15 is 0 Å². The van der Waals surface area contributed by atoms with Gasteiger partial charge in [0.15, 0.2) is 0 Å². The molecule has 0 radical (unpaired) electrons. The fourth-order valence-corrected chi connectivity index (χ4v) is 2.22. The lowest BCUT2D eigenvalue weighted by Gasteiger charge is -2.02. The molecular weight excluding hydrogens is 182 g/mol. The number of aryl methyl sites for hydroxylation is 4. The number of aromatic nitrogens is 1. The highest BCUT2D eigenvalue weighted by Crippen LogP contribution is 2.26. The highest BCUT2D eigenvalue weighted by molar-refractivity contribution is 5.86. The molecule has 0 bridgehead atoms. The van der Waals surface area contributed by atoms with Crippen molar-refractivity contribution < 1.29 is 0 Å². The molecule has 1 heteroatoms. The largest absolute Gasteiger partial charge is 0.358 e. The minimum Gasteiger partial charge on any atom is -0.358 e. The van der Waals surface area contributed by atoms with E-state index in [-0.39, 0.29) is 0 Å². The second kappa shape index (κ2) is 3.73. The lowest BCUT2D eigenvalue weighted by atomic mass is 10.0. The maximum absolute atomic E-state index is 3.48. The van der Waals surface area contributed by atoms with Crippen molar-refractivity contribution in [3.63, 3.8) is 0 Å². The van der Waals surface area contributed by atoms with Gasteiger partial charge in [0.25, 0.3) is 0 Å². The Kier molecular flexibility index (Phi) is 2.56. The Morgan fingerprint density at radius 1 is 1.07 bits per heavy atom. The predicted molar refractivity (Wildman–Crippen MR) is 66.5 cm³/mol. The van der Waals surface area contributed by atoms with Crippen molar-refractivity contribution in [1.29, 1.82) is 0 Å². The Balaban J connectivity index is 2.70. The number of nitrogens with one attached hydrogen (secondary N) is 1. The second-order valence-corrected chi connectivity index (χ2v) is 4.46. The first kappa shape index (κ1) is 10.3. The van der Waals surface area contributed by atoms with E-state index in [0.29, 0.717) is 0 Å². The molecule has 0 spiro atoms. The third kappa shape index (κ3) is 1.67. The molecule has 1 aromatic carbocycles. The average Bonchev–Trinajstić information content (AvgIpc) is 2.46. The highest BCUT2D eigenvalue weighted by Gasteiger charge is 2.08. The quantitative estimate of drug-likeness (QED) is 0.754. The number of hydrogen-bond acceptors (Lipinski definition) is 0. The van der Waals surface area contributed by atoms with Crippen molar-refractivity contribution in [2.75, 3.05) is 0 Å². The van der Waals surface area contributed by atoms with Gasteiger partial charge in [-0.3, -0.25) is 0 Å². The van der Waals surface area contributed by atoms with Gasteiger partial charge in [-0.05, 0) is 56.0 Å². The van der Waals surface area contributed by atoms with Gasteiger partial charge in [0.1, 0.15) is 0 Å². The zero-order valence-corrected chi connectivity index (χ0v) is 10.1. The van der Waals surface area contributed by atoms with Gasteiger partial charge in [-0.1, -0.05) is 13.3 Å². The van der Waals surface area contributed by atoms with Crippen LogP contribution < -0.4 is 0 Å². The van der Waals surface area contributed by atoms with E-state index in [4.69, 9.17) is 0 Å². The van der Waals surface area contributed by atoms with E-state index in [1.165, 1.54) is 46.1 Å². The summed E-state index contributed by atoms with van der Waals surface area (Å²) in [5.74, 6) is 0. The van der Waals surface area contributed by atoms with Gasteiger partial charge < -0.3 is 4.98 Å². The molecule has 0 fully saturated rings. The Labute approximate surface area is 91.5 Å². The summed E-state index contributed by atoms with van der Waals surface area (Å²) in [4.78, 5) is 3.48. The topological polar surface area (TPSA) is 15.8 Å². The van der Waals surface area contributed by atoms with Gasteiger partial charge in [-0.15, -0.1) is 0 Å². The molecular formula is C14H19N. The van der Waals surface area contributed by atoms with Crippen LogP contribution in [0.3, 0.4) is 0 Å². The average molecular weight is 201 g/mol. The molecule has 0 aliphatic rings. The Morgan fingerprint density at radius 3 is 2.40 bits per heavy atom. The lowest BCUT2D eigenvalue weighted by molar-refractivity contribution is 0.918. The molecule has 2 aromatic rings. The second-order valence-electron chi connectivity index (χ2n) is 4.46. The molecule has 15 heavy (non-hydrogen) atoms. The number of rotatable bonds is 2. The summed E-state index contributed by atoms with van der Waals surface area (Å²) in [5, 5.41) is 1.41. The van der Waals surface area contributed by atoms with Gasteiger partial charge in [-0.2, -0.15) is 0 Å². The van der Waals surface area contributed by atoms with Gasteiger partial charge in [0.2, 0.25) is 0 Å². The van der Waals surface area contributed by atoms with Crippen molar-refractivity contribution in [2.24, 2.45) is 0 Å². The third-order valence-electron chi connectivity index (χ3n) is 3.23. The minimum atomic E-state index is 1.17. The van der Waals surface area contributed by atoms with E-state index in [1.807, 2.05) is 0 Å². The SMILES string of the molecule is CCCc1c(C)[nH]c2cc(C)c(C)cc12. The first-order chi connectivity index (χ1) is 7.13. The zero-order valence-electron chi connectivity index (χ0n) is 10.1. The van der Waals surface area contributed by atoms with Gasteiger partial charge in [-0.25, -0.2) is 0 Å². The van der Waals surface area contributed by atoms with E-state index in [9.17, 15) is 0 Å². The van der Waals surface area contributed by atoms with Crippen molar-refractivity contribution in [3.05, 3.63) is 34.5 Å². The number of aromatic amines is 1. The molecule has 0 amide bonds. The standard InChI is InChI=1S/C14H19N/c1-5-6-12-11(4)15-14-8-10(3)9(2)7-13(12)14/h7-8,15H,5-6H2,1-4H3. The number of H-pyrrole nitrogens is 1. The van der Waals surface area contributed by atoms with Crippen molar-refractivity contribution in [1.82, 2.24) is 4.98 Å². The van der Waals surface area contributed by atoms with Crippen molar-refractivity contribution in [2.45, 2.75) is 40.5 Å². The van der Waals surface area contributed by atoms with Gasteiger partial charge in [0, 0.05) is 16.6 Å². The van der Waals surface area contributed by atoms with Crippen LogP contribution in [-0.4, -0.2) is 4.98 Å². The molecule has 80 valence electrons. The first-order valence-corrected chi connectivity index (χ1v) is 5.72. The van der Waals surface area contributed by atoms with Crippen LogP contribution in [0.2, 0.25) is 0 Å². The van der Waals surface area contributed by atoms with Crippen molar-refractivity contribution >= 4 is 10.9 Å². The summed E-state index contributed by atoms with van der Waals surface area (Å²) in [6.07, 6.45) is 2.38. The summed E-state index contributed by atoms with van der Waals surface area (Å²) < 4.78 is 0. The van der Waals surface area contributed by atoms with Crippen LogP contribution in [0.4, 0.5) is 0 Å². The van der Waals surface area contributed by atoms with Crippen LogP contribution in [0.5, 0.6) is 0 Å². The van der Waals surface area contributed by atoms with Crippen LogP contribution in [0, 0.1) is 20.8 Å². The number of fused-ring (bicyclic) bond motifs is 1. The molecule has 0 aliphatic heterocycles. The first-order valence-electron chi connectivity index (χ1n) is 5.72. The molecule has 2 rings (SSSR count). The molecule has 0 saturated heterocycles. The summed E-state index contributed by atoms with van der Waals surface area (Å²) in [7, 11) is 0. The van der Waals surface area contributed by atoms with Crippen LogP contribution in [0.15, 0.2) is 12.1 Å². The molecule has 0 unspecified atom stereocenters. The van der Waals surface area contributed by atoms with Crippen LogP contribution in [0.25, 0.3) is 10.9 Å². The van der Waals surface area contributed by atoms with Gasteiger partial charge in [0.05, 0.1) is 0 Å². The van der Waals surface area contributed by atoms with E-state index in [2.05, 4.69) is 44.8 Å². The molecule has 0 atom stereocenters. The minimum absolute atomic E-state index is 1.17. The van der Waals surface area contributed by atoms with E-state index < -0.39 is 0 Å². The normalized spacial score (nSPS) is 11.2. The summed E-state index contributed by atoms with van der Waals surface area (Å²) >= 11 is 0. The van der Waals surface area contributed by atoms with Gasteiger partial charge >= 0.3 is 0 Å². The molecule has 1 N–H and O–H groups in total. The van der Waals surface area contributed by atoms with E-state index in [0.717, 1.165) is 0 Å². The number of benzene rings is 1. The maximum atomic E-state index is 3.48. The molecule has 1 aromatic heterocycles. The van der Waals surface area contributed by atoms with Crippen molar-refractivity contribution in [3.8, 4) is 0 Å². The monoisotopic (exact) mass is 201 g/mol. The maximum Gasteiger partial charge on any atom is 0.0461 e. The fourth-order valence-electron chi connectivity index (χ4n) is 2.22. The van der Waals surface area contributed by atoms with Crippen LogP contribution in [-0.2, 0) is 6.42 Å².